The lowest BCUT2D eigenvalue weighted by molar-refractivity contribution is -0.137. The van der Waals surface area contributed by atoms with Crippen molar-refractivity contribution in [3.8, 4) is 12.3 Å². The quantitative estimate of drug-likeness (QED) is 0.498. The van der Waals surface area contributed by atoms with Crippen LogP contribution in [0.1, 0.15) is 19.8 Å². The number of nitrogens with zero attached hydrogens (tertiary/aromatic N) is 1. The first-order chi connectivity index (χ1) is 7.11. The second-order valence-corrected chi connectivity index (χ2v) is 3.04. The maximum absolute atomic E-state index is 11.4. The second kappa shape index (κ2) is 7.68. The van der Waals surface area contributed by atoms with Gasteiger partial charge in [-0.1, -0.05) is 19.3 Å². The Hall–Kier alpha value is -1.70. The van der Waals surface area contributed by atoms with Crippen LogP contribution in [0.15, 0.2) is 0 Å². The summed E-state index contributed by atoms with van der Waals surface area (Å²) in [7, 11) is 0. The highest BCUT2D eigenvalue weighted by Crippen LogP contribution is 1.90. The molecule has 0 aromatic heterocycles. The molecule has 0 aromatic rings. The standard InChI is InChI=1S/C10H16N2O3/c1-3-5-6-11-10(15)12(7-4-2)8-9(13)14/h2H,3,5-8H2,1H3,(H,11,15)(H,13,14). The number of hydrogen-bond donors (Lipinski definition) is 2. The number of hydrogen-bond acceptors (Lipinski definition) is 2. The Morgan fingerprint density at radius 2 is 2.20 bits per heavy atom. The minimum Gasteiger partial charge on any atom is -0.480 e. The molecular formula is C10H16N2O3. The topological polar surface area (TPSA) is 69.6 Å². The van der Waals surface area contributed by atoms with E-state index >= 15 is 0 Å². The molecule has 0 rings (SSSR count). The number of aliphatic carboxylic acids is 1. The van der Waals surface area contributed by atoms with Crippen molar-refractivity contribution < 1.29 is 14.7 Å². The number of amides is 2. The molecular weight excluding hydrogens is 196 g/mol. The molecule has 0 saturated carbocycles. The third-order valence-corrected chi connectivity index (χ3v) is 1.70. The number of carboxylic acids is 1. The third kappa shape index (κ3) is 6.38. The van der Waals surface area contributed by atoms with Gasteiger partial charge in [0.05, 0.1) is 6.54 Å². The zero-order valence-electron chi connectivity index (χ0n) is 8.82. The molecule has 0 fully saturated rings. The van der Waals surface area contributed by atoms with Crippen LogP contribution in [0.2, 0.25) is 0 Å². The summed E-state index contributed by atoms with van der Waals surface area (Å²) in [5.41, 5.74) is 0. The summed E-state index contributed by atoms with van der Waals surface area (Å²) in [6.07, 6.45) is 6.86. The molecule has 0 spiro atoms. The number of carbonyl (C=O) groups excluding carboxylic acids is 1. The Kier molecular flexibility index (Phi) is 6.81. The minimum atomic E-state index is -1.07. The molecule has 84 valence electrons. The molecule has 0 aliphatic carbocycles. The molecule has 15 heavy (non-hydrogen) atoms. The highest BCUT2D eigenvalue weighted by molar-refractivity contribution is 5.80. The van der Waals surface area contributed by atoms with Crippen LogP contribution < -0.4 is 5.32 Å². The summed E-state index contributed by atoms with van der Waals surface area (Å²) in [6.45, 7) is 2.17. The second-order valence-electron chi connectivity index (χ2n) is 3.04. The Morgan fingerprint density at radius 1 is 1.53 bits per heavy atom. The van der Waals surface area contributed by atoms with E-state index in [2.05, 4.69) is 11.2 Å². The van der Waals surface area contributed by atoms with Crippen molar-refractivity contribution in [2.24, 2.45) is 0 Å². The van der Waals surface area contributed by atoms with E-state index in [1.54, 1.807) is 0 Å². The van der Waals surface area contributed by atoms with Crippen LogP contribution >= 0.6 is 0 Å². The Labute approximate surface area is 89.4 Å². The van der Waals surface area contributed by atoms with Crippen molar-refractivity contribution in [2.45, 2.75) is 19.8 Å². The van der Waals surface area contributed by atoms with Crippen LogP contribution in [-0.2, 0) is 4.79 Å². The van der Waals surface area contributed by atoms with E-state index in [9.17, 15) is 9.59 Å². The summed E-state index contributed by atoms with van der Waals surface area (Å²) in [5.74, 6) is 1.17. The van der Waals surface area contributed by atoms with Gasteiger partial charge in [0.1, 0.15) is 6.54 Å². The number of urea groups is 1. The van der Waals surface area contributed by atoms with E-state index in [1.165, 1.54) is 0 Å². The SMILES string of the molecule is C#CCN(CC(=O)O)C(=O)NCCCC. The molecule has 5 heteroatoms. The Balaban J connectivity index is 4.05. The average Bonchev–Trinajstić information content (AvgIpc) is 2.17. The van der Waals surface area contributed by atoms with Gasteiger partial charge in [-0.25, -0.2) is 4.79 Å². The zero-order chi connectivity index (χ0) is 11.7. The Morgan fingerprint density at radius 3 is 2.67 bits per heavy atom. The molecule has 0 aromatic carbocycles. The average molecular weight is 212 g/mol. The molecule has 0 heterocycles. The van der Waals surface area contributed by atoms with Crippen LogP contribution in [0.25, 0.3) is 0 Å². The molecule has 0 atom stereocenters. The van der Waals surface area contributed by atoms with Crippen molar-refractivity contribution in [3.63, 3.8) is 0 Å². The smallest absolute Gasteiger partial charge is 0.323 e. The van der Waals surface area contributed by atoms with E-state index in [0.29, 0.717) is 6.54 Å². The predicted octanol–water partition coefficient (Wildman–Crippen LogP) is 0.516. The number of carbonyl (C=O) groups is 2. The van der Waals surface area contributed by atoms with Gasteiger partial charge in [-0.2, -0.15) is 0 Å². The zero-order valence-corrected chi connectivity index (χ0v) is 8.82. The van der Waals surface area contributed by atoms with Gasteiger partial charge in [-0.15, -0.1) is 6.42 Å². The number of terminal acetylenes is 1. The van der Waals surface area contributed by atoms with Crippen molar-refractivity contribution in [3.05, 3.63) is 0 Å². The highest BCUT2D eigenvalue weighted by atomic mass is 16.4. The third-order valence-electron chi connectivity index (χ3n) is 1.70. The number of nitrogens with one attached hydrogen (secondary N) is 1. The fourth-order valence-electron chi connectivity index (χ4n) is 0.957. The lowest BCUT2D eigenvalue weighted by Crippen LogP contribution is -2.43. The van der Waals surface area contributed by atoms with E-state index < -0.39 is 12.0 Å². The molecule has 2 amide bonds. The van der Waals surface area contributed by atoms with Gasteiger partial charge in [0.2, 0.25) is 0 Å². The molecule has 0 aliphatic heterocycles. The maximum Gasteiger partial charge on any atom is 0.323 e. The maximum atomic E-state index is 11.4. The number of unbranched alkanes of at least 4 members (excludes halogenated alkanes) is 1. The normalized spacial score (nSPS) is 9.07. The van der Waals surface area contributed by atoms with Gasteiger partial charge in [-0.05, 0) is 6.42 Å². The Bertz CT molecular complexity index is 258. The van der Waals surface area contributed by atoms with E-state index in [-0.39, 0.29) is 13.1 Å². The van der Waals surface area contributed by atoms with Crippen molar-refractivity contribution in [2.75, 3.05) is 19.6 Å². The van der Waals surface area contributed by atoms with Gasteiger partial charge < -0.3 is 15.3 Å². The molecule has 0 radical (unpaired) electrons. The van der Waals surface area contributed by atoms with Gasteiger partial charge in [0.25, 0.3) is 0 Å². The fourth-order valence-corrected chi connectivity index (χ4v) is 0.957. The molecule has 0 aliphatic rings. The largest absolute Gasteiger partial charge is 0.480 e. The minimum absolute atomic E-state index is 0.00422. The first kappa shape index (κ1) is 13.3. The van der Waals surface area contributed by atoms with Crippen LogP contribution in [0.5, 0.6) is 0 Å². The first-order valence-electron chi connectivity index (χ1n) is 4.79. The molecule has 5 nitrogen and oxygen atoms in total. The van der Waals surface area contributed by atoms with Gasteiger partial charge in [0.15, 0.2) is 0 Å². The van der Waals surface area contributed by atoms with Crippen LogP contribution in [0, 0.1) is 12.3 Å². The summed E-state index contributed by atoms with van der Waals surface area (Å²) in [4.78, 5) is 22.9. The van der Waals surface area contributed by atoms with Crippen LogP contribution in [0.3, 0.4) is 0 Å². The summed E-state index contributed by atoms with van der Waals surface area (Å²) < 4.78 is 0. The highest BCUT2D eigenvalue weighted by Gasteiger charge is 2.14. The van der Waals surface area contributed by atoms with E-state index in [0.717, 1.165) is 17.7 Å². The van der Waals surface area contributed by atoms with Crippen molar-refractivity contribution in [1.82, 2.24) is 10.2 Å². The lowest BCUT2D eigenvalue weighted by atomic mass is 10.3. The van der Waals surface area contributed by atoms with Gasteiger partial charge in [-0.3, -0.25) is 4.79 Å². The molecule has 0 unspecified atom stereocenters. The fraction of sp³-hybridized carbons (Fsp3) is 0.600. The first-order valence-corrected chi connectivity index (χ1v) is 4.79. The van der Waals surface area contributed by atoms with E-state index in [1.807, 2.05) is 6.92 Å². The predicted molar refractivity (Wildman–Crippen MR) is 56.3 cm³/mol. The monoisotopic (exact) mass is 212 g/mol. The summed E-state index contributed by atoms with van der Waals surface area (Å²) >= 11 is 0. The summed E-state index contributed by atoms with van der Waals surface area (Å²) in [6, 6.07) is -0.427. The van der Waals surface area contributed by atoms with Crippen LogP contribution in [-0.4, -0.2) is 41.6 Å². The van der Waals surface area contributed by atoms with Gasteiger partial charge >= 0.3 is 12.0 Å². The molecule has 2 N–H and O–H groups in total. The number of rotatable bonds is 6. The molecule has 0 bridgehead atoms. The summed E-state index contributed by atoms with van der Waals surface area (Å²) in [5, 5.41) is 11.1. The molecule has 0 saturated heterocycles. The van der Waals surface area contributed by atoms with Crippen LogP contribution in [0.4, 0.5) is 4.79 Å². The van der Waals surface area contributed by atoms with Gasteiger partial charge in [0, 0.05) is 6.54 Å². The van der Waals surface area contributed by atoms with Crippen molar-refractivity contribution >= 4 is 12.0 Å². The van der Waals surface area contributed by atoms with E-state index in [4.69, 9.17) is 11.5 Å². The lowest BCUT2D eigenvalue weighted by Gasteiger charge is -2.18. The number of carboxylic acid groups (broad SMARTS) is 1. The van der Waals surface area contributed by atoms with Crippen molar-refractivity contribution in [1.29, 1.82) is 0 Å².